The van der Waals surface area contributed by atoms with Crippen LogP contribution in [-0.4, -0.2) is 44.1 Å². The molecule has 4 heteroatoms. The minimum absolute atomic E-state index is 0.0733. The Morgan fingerprint density at radius 2 is 1.75 bits per heavy atom. The number of benzene rings is 2. The smallest absolute Gasteiger partial charge is 0.246 e. The van der Waals surface area contributed by atoms with Crippen molar-refractivity contribution in [3.63, 3.8) is 0 Å². The van der Waals surface area contributed by atoms with Crippen molar-refractivity contribution in [2.45, 2.75) is 0 Å². The zero-order valence-electron chi connectivity index (χ0n) is 13.9. The normalized spacial score (nSPS) is 14.9. The lowest BCUT2D eigenvalue weighted by Crippen LogP contribution is -2.48. The molecule has 1 saturated heterocycles. The summed E-state index contributed by atoms with van der Waals surface area (Å²) in [6.45, 7) is 3.13. The molecule has 1 aliphatic rings. The fourth-order valence-electron chi connectivity index (χ4n) is 2.83. The Kier molecular flexibility index (Phi) is 5.16. The molecule has 1 amide bonds. The summed E-state index contributed by atoms with van der Waals surface area (Å²) in [5.41, 5.74) is 2.18. The molecule has 0 N–H and O–H groups in total. The third kappa shape index (κ3) is 3.96. The third-order valence-corrected chi connectivity index (χ3v) is 4.23. The van der Waals surface area contributed by atoms with Crippen molar-refractivity contribution in [3.05, 3.63) is 66.2 Å². The lowest BCUT2D eigenvalue weighted by Gasteiger charge is -2.35. The second kappa shape index (κ2) is 7.68. The summed E-state index contributed by atoms with van der Waals surface area (Å²) in [4.78, 5) is 16.5. The van der Waals surface area contributed by atoms with Crippen molar-refractivity contribution in [2.24, 2.45) is 0 Å². The molecule has 1 fully saturated rings. The molecule has 0 aromatic heterocycles. The van der Waals surface area contributed by atoms with Gasteiger partial charge in [0, 0.05) is 44.0 Å². The minimum Gasteiger partial charge on any atom is -0.497 e. The van der Waals surface area contributed by atoms with Crippen molar-refractivity contribution in [2.75, 3.05) is 38.2 Å². The molecule has 0 unspecified atom stereocenters. The highest BCUT2D eigenvalue weighted by Gasteiger charge is 2.20. The van der Waals surface area contributed by atoms with Crippen LogP contribution in [-0.2, 0) is 4.79 Å². The van der Waals surface area contributed by atoms with E-state index in [1.54, 1.807) is 13.2 Å². The first-order valence-electron chi connectivity index (χ1n) is 8.17. The summed E-state index contributed by atoms with van der Waals surface area (Å²) in [5, 5.41) is 0. The van der Waals surface area contributed by atoms with Gasteiger partial charge in [0.2, 0.25) is 5.91 Å². The van der Waals surface area contributed by atoms with E-state index in [0.29, 0.717) is 0 Å². The second-order valence-corrected chi connectivity index (χ2v) is 5.76. The van der Waals surface area contributed by atoms with Crippen molar-refractivity contribution in [1.82, 2.24) is 4.90 Å². The molecular weight excluding hydrogens is 300 g/mol. The highest BCUT2D eigenvalue weighted by Crippen LogP contribution is 2.22. The van der Waals surface area contributed by atoms with Gasteiger partial charge in [-0.2, -0.15) is 0 Å². The SMILES string of the molecule is COc1cccc(N2CCN(C(=O)/C=C/c3ccccc3)CC2)c1. The van der Waals surface area contributed by atoms with Crippen molar-refractivity contribution >= 4 is 17.7 Å². The number of rotatable bonds is 4. The van der Waals surface area contributed by atoms with Gasteiger partial charge >= 0.3 is 0 Å². The van der Waals surface area contributed by atoms with Crippen molar-refractivity contribution < 1.29 is 9.53 Å². The maximum absolute atomic E-state index is 12.3. The van der Waals surface area contributed by atoms with E-state index in [9.17, 15) is 4.79 Å². The van der Waals surface area contributed by atoms with E-state index in [2.05, 4.69) is 11.0 Å². The van der Waals surface area contributed by atoms with Crippen LogP contribution in [0.5, 0.6) is 5.75 Å². The first kappa shape index (κ1) is 16.1. The van der Waals surface area contributed by atoms with Crippen LogP contribution in [0.1, 0.15) is 5.56 Å². The summed E-state index contributed by atoms with van der Waals surface area (Å²) < 4.78 is 5.28. The maximum Gasteiger partial charge on any atom is 0.246 e. The van der Waals surface area contributed by atoms with Gasteiger partial charge in [0.25, 0.3) is 0 Å². The summed E-state index contributed by atoms with van der Waals surface area (Å²) >= 11 is 0. The summed E-state index contributed by atoms with van der Waals surface area (Å²) in [5.74, 6) is 0.931. The van der Waals surface area contributed by atoms with Crippen LogP contribution in [0.25, 0.3) is 6.08 Å². The maximum atomic E-state index is 12.3. The predicted octanol–water partition coefficient (Wildman–Crippen LogP) is 3.06. The third-order valence-electron chi connectivity index (χ3n) is 4.23. The second-order valence-electron chi connectivity index (χ2n) is 5.76. The Bertz CT molecular complexity index is 705. The number of amides is 1. The van der Waals surface area contributed by atoms with Gasteiger partial charge < -0.3 is 14.5 Å². The Morgan fingerprint density at radius 3 is 2.46 bits per heavy atom. The molecular formula is C20H22N2O2. The van der Waals surface area contributed by atoms with E-state index < -0.39 is 0 Å². The van der Waals surface area contributed by atoms with Crippen LogP contribution in [0.2, 0.25) is 0 Å². The number of piperazine rings is 1. The number of nitrogens with zero attached hydrogens (tertiary/aromatic N) is 2. The van der Waals surface area contributed by atoms with E-state index in [1.165, 1.54) is 0 Å². The fourth-order valence-corrected chi connectivity index (χ4v) is 2.83. The molecule has 0 bridgehead atoms. The Balaban J connectivity index is 1.56. The molecule has 3 rings (SSSR count). The predicted molar refractivity (Wildman–Crippen MR) is 97.3 cm³/mol. The van der Waals surface area contributed by atoms with E-state index in [4.69, 9.17) is 4.74 Å². The topological polar surface area (TPSA) is 32.8 Å². The number of carbonyl (C=O) groups is 1. The van der Waals surface area contributed by atoms with Gasteiger partial charge in [0.15, 0.2) is 0 Å². The standard InChI is InChI=1S/C20H22N2O2/c1-24-19-9-5-8-18(16-19)21-12-14-22(15-13-21)20(23)11-10-17-6-3-2-4-7-17/h2-11,16H,12-15H2,1H3/b11-10+. The molecule has 4 nitrogen and oxygen atoms in total. The molecule has 124 valence electrons. The molecule has 0 spiro atoms. The number of methoxy groups -OCH3 is 1. The quantitative estimate of drug-likeness (QED) is 0.811. The number of ether oxygens (including phenoxy) is 1. The minimum atomic E-state index is 0.0733. The molecule has 0 radical (unpaired) electrons. The van der Waals surface area contributed by atoms with Gasteiger partial charge in [-0.3, -0.25) is 4.79 Å². The van der Waals surface area contributed by atoms with Crippen LogP contribution >= 0.6 is 0 Å². The van der Waals surface area contributed by atoms with Gasteiger partial charge in [-0.25, -0.2) is 0 Å². The Morgan fingerprint density at radius 1 is 1.00 bits per heavy atom. The number of hydrogen-bond donors (Lipinski definition) is 0. The average Bonchev–Trinajstić information content (AvgIpc) is 2.67. The number of carbonyl (C=O) groups excluding carboxylic acids is 1. The molecule has 2 aromatic carbocycles. The summed E-state index contributed by atoms with van der Waals surface area (Å²) in [6.07, 6.45) is 3.54. The van der Waals surface area contributed by atoms with Gasteiger partial charge in [0.1, 0.15) is 5.75 Å². The lowest BCUT2D eigenvalue weighted by molar-refractivity contribution is -0.126. The van der Waals surface area contributed by atoms with Gasteiger partial charge in [-0.05, 0) is 23.8 Å². The van der Waals surface area contributed by atoms with Crippen LogP contribution in [0.15, 0.2) is 60.7 Å². The average molecular weight is 322 g/mol. The zero-order chi connectivity index (χ0) is 16.8. The van der Waals surface area contributed by atoms with Crippen molar-refractivity contribution in [3.8, 4) is 5.75 Å². The van der Waals surface area contributed by atoms with Crippen LogP contribution in [0, 0.1) is 0 Å². The molecule has 24 heavy (non-hydrogen) atoms. The van der Waals surface area contributed by atoms with Gasteiger partial charge in [-0.15, -0.1) is 0 Å². The Labute approximate surface area is 143 Å². The molecule has 0 saturated carbocycles. The zero-order valence-corrected chi connectivity index (χ0v) is 13.9. The Hall–Kier alpha value is -2.75. The lowest BCUT2D eigenvalue weighted by atomic mass is 10.2. The number of hydrogen-bond acceptors (Lipinski definition) is 3. The molecule has 0 atom stereocenters. The van der Waals surface area contributed by atoms with Crippen LogP contribution in [0.4, 0.5) is 5.69 Å². The van der Waals surface area contributed by atoms with E-state index in [-0.39, 0.29) is 5.91 Å². The monoisotopic (exact) mass is 322 g/mol. The number of anilines is 1. The summed E-state index contributed by atoms with van der Waals surface area (Å²) in [6, 6.07) is 17.9. The van der Waals surface area contributed by atoms with Gasteiger partial charge in [0.05, 0.1) is 7.11 Å². The molecule has 1 heterocycles. The van der Waals surface area contributed by atoms with Gasteiger partial charge in [-0.1, -0.05) is 36.4 Å². The molecule has 2 aromatic rings. The molecule has 0 aliphatic carbocycles. The van der Waals surface area contributed by atoms with E-state index >= 15 is 0 Å². The van der Waals surface area contributed by atoms with E-state index in [1.807, 2.05) is 59.5 Å². The summed E-state index contributed by atoms with van der Waals surface area (Å²) in [7, 11) is 1.68. The first-order chi connectivity index (χ1) is 11.8. The van der Waals surface area contributed by atoms with Crippen molar-refractivity contribution in [1.29, 1.82) is 0 Å². The molecule has 1 aliphatic heterocycles. The van der Waals surface area contributed by atoms with Crippen LogP contribution < -0.4 is 9.64 Å². The first-order valence-corrected chi connectivity index (χ1v) is 8.17. The largest absolute Gasteiger partial charge is 0.497 e. The fraction of sp³-hybridized carbons (Fsp3) is 0.250. The highest BCUT2D eigenvalue weighted by atomic mass is 16.5. The van der Waals surface area contributed by atoms with E-state index in [0.717, 1.165) is 43.2 Å². The van der Waals surface area contributed by atoms with Crippen LogP contribution in [0.3, 0.4) is 0 Å². The highest BCUT2D eigenvalue weighted by molar-refractivity contribution is 5.92.